The summed E-state index contributed by atoms with van der Waals surface area (Å²) in [5.74, 6) is 2.05. The summed E-state index contributed by atoms with van der Waals surface area (Å²) in [6, 6.07) is 19.2. The van der Waals surface area contributed by atoms with Crippen molar-refractivity contribution in [1.29, 1.82) is 0 Å². The molecule has 2 aromatic carbocycles. The lowest BCUT2D eigenvalue weighted by molar-refractivity contribution is -0.138. The van der Waals surface area contributed by atoms with Crippen molar-refractivity contribution in [1.82, 2.24) is 19.9 Å². The largest absolute Gasteiger partial charge is 0.342 e. The number of nitrogens with zero attached hydrogens (tertiary/aromatic N) is 4. The molecule has 2 aliphatic heterocycles. The second-order valence-electron chi connectivity index (χ2n) is 9.28. The molecule has 1 aromatic heterocycles. The molecule has 7 nitrogen and oxygen atoms in total. The number of carbonyl (C=O) groups is 2. The summed E-state index contributed by atoms with van der Waals surface area (Å²) in [6.07, 6.45) is 4.12. The Balaban J connectivity index is 1.08. The van der Waals surface area contributed by atoms with Gasteiger partial charge in [0.2, 0.25) is 17.6 Å². The van der Waals surface area contributed by atoms with Gasteiger partial charge in [0, 0.05) is 49.6 Å². The maximum Gasteiger partial charge on any atom is 0.253 e. The highest BCUT2D eigenvalue weighted by Gasteiger charge is 2.32. The SMILES string of the molecule is O=C(c1ccccc1)N1CCC(C(=O)N2CCC(Cc3nc(-c4ccccc4)no3)CC2)CC1. The van der Waals surface area contributed by atoms with Gasteiger partial charge in [-0.15, -0.1) is 0 Å². The fourth-order valence-electron chi connectivity index (χ4n) is 5.00. The van der Waals surface area contributed by atoms with Crippen LogP contribution in [0.5, 0.6) is 0 Å². The van der Waals surface area contributed by atoms with Gasteiger partial charge in [0.1, 0.15) is 0 Å². The molecule has 3 aromatic rings. The third-order valence-electron chi connectivity index (χ3n) is 7.04. The van der Waals surface area contributed by atoms with Crippen LogP contribution in [0.3, 0.4) is 0 Å². The molecule has 0 aliphatic carbocycles. The number of aromatic nitrogens is 2. The lowest BCUT2D eigenvalue weighted by atomic mass is 9.90. The van der Waals surface area contributed by atoms with Gasteiger partial charge in [-0.3, -0.25) is 9.59 Å². The summed E-state index contributed by atoms with van der Waals surface area (Å²) < 4.78 is 5.48. The number of hydrogen-bond donors (Lipinski definition) is 0. The van der Waals surface area contributed by atoms with Crippen LogP contribution in [0.2, 0.25) is 0 Å². The van der Waals surface area contributed by atoms with Gasteiger partial charge in [0.05, 0.1) is 0 Å². The van der Waals surface area contributed by atoms with Gasteiger partial charge in [-0.25, -0.2) is 0 Å². The van der Waals surface area contributed by atoms with Crippen molar-refractivity contribution >= 4 is 11.8 Å². The van der Waals surface area contributed by atoms with Crippen LogP contribution in [-0.4, -0.2) is 57.9 Å². The Kier molecular flexibility index (Phi) is 6.70. The predicted molar refractivity (Wildman–Crippen MR) is 128 cm³/mol. The Morgan fingerprint density at radius 2 is 1.44 bits per heavy atom. The molecule has 2 aliphatic rings. The van der Waals surface area contributed by atoms with Crippen LogP contribution < -0.4 is 0 Å². The van der Waals surface area contributed by atoms with E-state index in [1.165, 1.54) is 0 Å². The van der Waals surface area contributed by atoms with Crippen molar-refractivity contribution in [2.75, 3.05) is 26.2 Å². The van der Waals surface area contributed by atoms with Crippen LogP contribution in [0, 0.1) is 11.8 Å². The lowest BCUT2D eigenvalue weighted by Crippen LogP contribution is -2.46. The highest BCUT2D eigenvalue weighted by atomic mass is 16.5. The Hall–Kier alpha value is -3.48. The van der Waals surface area contributed by atoms with Gasteiger partial charge >= 0.3 is 0 Å². The van der Waals surface area contributed by atoms with E-state index in [4.69, 9.17) is 4.52 Å². The van der Waals surface area contributed by atoms with Gasteiger partial charge in [-0.05, 0) is 43.7 Å². The molecule has 0 spiro atoms. The van der Waals surface area contributed by atoms with Gasteiger partial charge in [0.15, 0.2) is 0 Å². The van der Waals surface area contributed by atoms with Crippen molar-refractivity contribution in [2.45, 2.75) is 32.1 Å². The van der Waals surface area contributed by atoms with Gasteiger partial charge in [-0.2, -0.15) is 4.98 Å². The number of piperidine rings is 2. The molecule has 0 N–H and O–H groups in total. The molecule has 2 saturated heterocycles. The van der Waals surface area contributed by atoms with Crippen LogP contribution in [0.25, 0.3) is 11.4 Å². The zero-order valence-corrected chi connectivity index (χ0v) is 19.3. The van der Waals surface area contributed by atoms with E-state index in [-0.39, 0.29) is 17.7 Å². The first kappa shape index (κ1) is 22.3. The van der Waals surface area contributed by atoms with E-state index in [1.807, 2.05) is 70.5 Å². The summed E-state index contributed by atoms with van der Waals surface area (Å²) in [5, 5.41) is 4.12. The average Bonchev–Trinajstić information content (AvgIpc) is 3.38. The molecule has 2 fully saturated rings. The highest BCUT2D eigenvalue weighted by Crippen LogP contribution is 2.26. The number of likely N-dealkylation sites (tertiary alicyclic amines) is 2. The molecular formula is C27H30N4O3. The van der Waals surface area contributed by atoms with E-state index >= 15 is 0 Å². The molecule has 0 radical (unpaired) electrons. The van der Waals surface area contributed by atoms with Crippen molar-refractivity contribution < 1.29 is 14.1 Å². The molecule has 3 heterocycles. The van der Waals surface area contributed by atoms with E-state index < -0.39 is 0 Å². The normalized spacial score (nSPS) is 17.6. The zero-order chi connectivity index (χ0) is 23.3. The first-order valence-electron chi connectivity index (χ1n) is 12.2. The number of benzene rings is 2. The smallest absolute Gasteiger partial charge is 0.253 e. The molecule has 5 rings (SSSR count). The van der Waals surface area contributed by atoms with Gasteiger partial charge in [0.25, 0.3) is 5.91 Å². The average molecular weight is 459 g/mol. The third-order valence-corrected chi connectivity index (χ3v) is 7.04. The first-order valence-corrected chi connectivity index (χ1v) is 12.2. The highest BCUT2D eigenvalue weighted by molar-refractivity contribution is 5.94. The standard InChI is InChI=1S/C27H30N4O3/c32-26(22-9-5-2-6-10-22)31-17-13-23(14-18-31)27(33)30-15-11-20(12-16-30)19-24-28-25(29-34-24)21-7-3-1-4-8-21/h1-10,20,23H,11-19H2. The summed E-state index contributed by atoms with van der Waals surface area (Å²) >= 11 is 0. The van der Waals surface area contributed by atoms with Crippen LogP contribution in [0.15, 0.2) is 65.2 Å². The number of amides is 2. The molecular weight excluding hydrogens is 428 g/mol. The van der Waals surface area contributed by atoms with Crippen LogP contribution in [0.1, 0.15) is 41.9 Å². The first-order chi connectivity index (χ1) is 16.7. The second-order valence-corrected chi connectivity index (χ2v) is 9.28. The molecule has 7 heteroatoms. The quantitative estimate of drug-likeness (QED) is 0.576. The van der Waals surface area contributed by atoms with Crippen molar-refractivity contribution in [3.63, 3.8) is 0 Å². The van der Waals surface area contributed by atoms with Gasteiger partial charge in [-0.1, -0.05) is 53.7 Å². The molecule has 176 valence electrons. The molecule has 0 atom stereocenters. The predicted octanol–water partition coefficient (Wildman–Crippen LogP) is 4.07. The number of hydrogen-bond acceptors (Lipinski definition) is 5. The Morgan fingerprint density at radius 3 is 2.12 bits per heavy atom. The summed E-state index contributed by atoms with van der Waals surface area (Å²) in [6.45, 7) is 2.82. The Morgan fingerprint density at radius 1 is 0.824 bits per heavy atom. The molecule has 34 heavy (non-hydrogen) atoms. The molecule has 0 unspecified atom stereocenters. The van der Waals surface area contributed by atoms with E-state index in [9.17, 15) is 9.59 Å². The third kappa shape index (κ3) is 5.03. The van der Waals surface area contributed by atoms with E-state index in [1.54, 1.807) is 0 Å². The number of rotatable bonds is 5. The minimum atomic E-state index is 0.0146. The topological polar surface area (TPSA) is 79.5 Å². The van der Waals surface area contributed by atoms with Crippen molar-refractivity contribution in [3.05, 3.63) is 72.1 Å². The van der Waals surface area contributed by atoms with E-state index in [0.717, 1.165) is 50.8 Å². The van der Waals surface area contributed by atoms with E-state index in [0.29, 0.717) is 36.3 Å². The zero-order valence-electron chi connectivity index (χ0n) is 19.3. The fraction of sp³-hybridized carbons (Fsp3) is 0.407. The maximum absolute atomic E-state index is 13.1. The van der Waals surface area contributed by atoms with Crippen LogP contribution in [-0.2, 0) is 11.2 Å². The summed E-state index contributed by atoms with van der Waals surface area (Å²) in [7, 11) is 0. The van der Waals surface area contributed by atoms with Crippen LogP contribution >= 0.6 is 0 Å². The fourth-order valence-corrected chi connectivity index (χ4v) is 5.00. The molecule has 2 amide bonds. The van der Waals surface area contributed by atoms with Crippen molar-refractivity contribution in [3.8, 4) is 11.4 Å². The summed E-state index contributed by atoms with van der Waals surface area (Å²) in [4.78, 5) is 34.2. The Labute approximate surface area is 199 Å². The minimum absolute atomic E-state index is 0.0146. The monoisotopic (exact) mass is 458 g/mol. The van der Waals surface area contributed by atoms with Gasteiger partial charge < -0.3 is 14.3 Å². The molecule has 0 saturated carbocycles. The Bertz CT molecular complexity index is 1100. The minimum Gasteiger partial charge on any atom is -0.342 e. The lowest BCUT2D eigenvalue weighted by Gasteiger charge is -2.37. The maximum atomic E-state index is 13.1. The number of carbonyl (C=O) groups excluding carboxylic acids is 2. The van der Waals surface area contributed by atoms with Crippen molar-refractivity contribution in [2.24, 2.45) is 11.8 Å². The van der Waals surface area contributed by atoms with E-state index in [2.05, 4.69) is 10.1 Å². The molecule has 0 bridgehead atoms. The summed E-state index contributed by atoms with van der Waals surface area (Å²) in [5.41, 5.74) is 1.67. The van der Waals surface area contributed by atoms with Crippen LogP contribution in [0.4, 0.5) is 0 Å². The second kappa shape index (κ2) is 10.2.